The molecule has 4 N–H and O–H groups in total. The molecule has 0 bridgehead atoms. The summed E-state index contributed by atoms with van der Waals surface area (Å²) in [5.41, 5.74) is 3.67. The van der Waals surface area contributed by atoms with Crippen LogP contribution in [0.4, 0.5) is 10.6 Å². The summed E-state index contributed by atoms with van der Waals surface area (Å²) < 4.78 is 17.4. The average Bonchev–Trinajstić information content (AvgIpc) is 3.22. The normalized spacial score (nSPS) is 26.7. The van der Waals surface area contributed by atoms with Crippen molar-refractivity contribution in [3.63, 3.8) is 0 Å². The molecule has 162 valence electrons. The van der Waals surface area contributed by atoms with Crippen LogP contribution in [0.3, 0.4) is 0 Å². The van der Waals surface area contributed by atoms with Crippen LogP contribution >= 0.6 is 0 Å². The summed E-state index contributed by atoms with van der Waals surface area (Å²) in [6, 6.07) is 4.99. The van der Waals surface area contributed by atoms with E-state index in [1.54, 1.807) is 19.9 Å². The van der Waals surface area contributed by atoms with Crippen molar-refractivity contribution in [2.24, 2.45) is 5.92 Å². The third-order valence-corrected chi connectivity index (χ3v) is 5.59. The molecule has 11 nitrogen and oxygen atoms in total. The Balaban J connectivity index is 1.80. The molecule has 4 atom stereocenters. The Kier molecular flexibility index (Phi) is 5.60. The second-order valence-corrected chi connectivity index (χ2v) is 8.02. The fraction of sp³-hybridized carbons (Fsp3) is 0.579. The number of carbonyl (C=O) groups is 1. The molecule has 1 saturated heterocycles. The highest BCUT2D eigenvalue weighted by molar-refractivity contribution is 5.66. The number of nitrogens with zero attached hydrogens (tertiary/aromatic N) is 4. The third-order valence-electron chi connectivity index (χ3n) is 5.59. The first-order chi connectivity index (χ1) is 14.0. The van der Waals surface area contributed by atoms with Crippen molar-refractivity contribution in [2.75, 3.05) is 12.3 Å². The highest BCUT2D eigenvalue weighted by atomic mass is 16.7. The van der Waals surface area contributed by atoms with Gasteiger partial charge in [-0.3, -0.25) is 0 Å². The number of aliphatic hydroxyl groups excluding tert-OH is 2. The topological polar surface area (TPSA) is 165 Å². The molecule has 0 aliphatic carbocycles. The smallest absolute Gasteiger partial charge is 0.431 e. The zero-order valence-electron chi connectivity index (χ0n) is 17.1. The molecular weight excluding hydrogens is 394 g/mol. The number of anilines is 1. The van der Waals surface area contributed by atoms with Gasteiger partial charge in [0.1, 0.15) is 48.4 Å². The first-order valence-electron chi connectivity index (χ1n) is 9.43. The Morgan fingerprint density at radius 2 is 2.17 bits per heavy atom. The van der Waals surface area contributed by atoms with E-state index in [0.717, 1.165) is 0 Å². The fourth-order valence-corrected chi connectivity index (χ4v) is 3.06. The Labute approximate surface area is 173 Å². The van der Waals surface area contributed by atoms with Crippen LogP contribution < -0.4 is 5.73 Å². The van der Waals surface area contributed by atoms with Crippen LogP contribution in [-0.2, 0) is 19.8 Å². The van der Waals surface area contributed by atoms with Crippen molar-refractivity contribution in [1.29, 1.82) is 5.26 Å². The third kappa shape index (κ3) is 3.54. The lowest BCUT2D eigenvalue weighted by Crippen LogP contribution is -2.41. The predicted octanol–water partition coefficient (Wildman–Crippen LogP) is 0.739. The zero-order valence-corrected chi connectivity index (χ0v) is 17.1. The number of nitriles is 1. The van der Waals surface area contributed by atoms with Gasteiger partial charge in [0.2, 0.25) is 5.60 Å². The largest absolute Gasteiger partial charge is 0.508 e. The van der Waals surface area contributed by atoms with E-state index in [1.165, 1.54) is 16.9 Å². The lowest BCUT2D eigenvalue weighted by Gasteiger charge is -2.28. The van der Waals surface area contributed by atoms with Gasteiger partial charge < -0.3 is 30.2 Å². The van der Waals surface area contributed by atoms with Gasteiger partial charge in [-0.1, -0.05) is 13.8 Å². The van der Waals surface area contributed by atoms with Crippen molar-refractivity contribution >= 4 is 17.5 Å². The Morgan fingerprint density at radius 3 is 2.80 bits per heavy atom. The Hall–Kier alpha value is -2.94. The minimum atomic E-state index is -1.96. The predicted molar refractivity (Wildman–Crippen MR) is 103 cm³/mol. The van der Waals surface area contributed by atoms with E-state index in [9.17, 15) is 20.3 Å². The summed E-state index contributed by atoms with van der Waals surface area (Å²) in [6.07, 6.45) is -4.04. The second-order valence-electron chi connectivity index (χ2n) is 8.02. The highest BCUT2D eigenvalue weighted by Crippen LogP contribution is 2.40. The minimum Gasteiger partial charge on any atom is -0.431 e. The lowest BCUT2D eigenvalue weighted by atomic mass is 9.92. The maximum absolute atomic E-state index is 12.0. The minimum absolute atomic E-state index is 0.0449. The number of nitrogen functional groups attached to an aromatic ring is 1. The molecule has 1 fully saturated rings. The molecular formula is C19H25N5O6. The van der Waals surface area contributed by atoms with Gasteiger partial charge >= 0.3 is 6.16 Å². The van der Waals surface area contributed by atoms with Gasteiger partial charge in [-0.25, -0.2) is 14.3 Å². The molecule has 0 radical (unpaired) electrons. The molecule has 2 aromatic rings. The van der Waals surface area contributed by atoms with Gasteiger partial charge in [-0.05, 0) is 31.9 Å². The molecule has 3 heterocycles. The maximum Gasteiger partial charge on any atom is 0.508 e. The molecule has 1 aliphatic rings. The van der Waals surface area contributed by atoms with Crippen molar-refractivity contribution in [1.82, 2.24) is 14.6 Å². The van der Waals surface area contributed by atoms with Gasteiger partial charge in [0.25, 0.3) is 0 Å². The molecule has 3 rings (SSSR count). The van der Waals surface area contributed by atoms with Crippen LogP contribution in [0.25, 0.3) is 5.52 Å². The molecule has 2 aromatic heterocycles. The van der Waals surface area contributed by atoms with E-state index in [4.69, 9.17) is 19.9 Å². The Morgan fingerprint density at radius 1 is 1.47 bits per heavy atom. The Bertz CT molecular complexity index is 983. The molecule has 0 saturated carbocycles. The van der Waals surface area contributed by atoms with E-state index >= 15 is 0 Å². The van der Waals surface area contributed by atoms with Crippen molar-refractivity contribution in [3.8, 4) is 6.07 Å². The number of hydrogen-bond donors (Lipinski definition) is 3. The van der Waals surface area contributed by atoms with E-state index in [-0.39, 0.29) is 17.4 Å². The van der Waals surface area contributed by atoms with Gasteiger partial charge in [0.15, 0.2) is 5.82 Å². The molecule has 30 heavy (non-hydrogen) atoms. The summed E-state index contributed by atoms with van der Waals surface area (Å²) >= 11 is 0. The van der Waals surface area contributed by atoms with E-state index in [2.05, 4.69) is 10.1 Å². The van der Waals surface area contributed by atoms with Gasteiger partial charge in [-0.15, -0.1) is 0 Å². The van der Waals surface area contributed by atoms with Gasteiger partial charge in [-0.2, -0.15) is 10.4 Å². The molecule has 0 spiro atoms. The number of aromatic nitrogens is 3. The lowest BCUT2D eigenvalue weighted by molar-refractivity contribution is -0.0855. The molecule has 11 heteroatoms. The van der Waals surface area contributed by atoms with Crippen LogP contribution in [-0.4, -0.2) is 61.5 Å². The molecule has 0 amide bonds. The summed E-state index contributed by atoms with van der Waals surface area (Å²) in [5, 5.41) is 35.0. The number of ether oxygens (including phenoxy) is 3. The van der Waals surface area contributed by atoms with Crippen LogP contribution in [0.5, 0.6) is 0 Å². The fourth-order valence-electron chi connectivity index (χ4n) is 3.06. The van der Waals surface area contributed by atoms with Crippen LogP contribution in [0.1, 0.15) is 33.4 Å². The molecule has 0 unspecified atom stereocenters. The number of hydrogen-bond acceptors (Lipinski definition) is 10. The first kappa shape index (κ1) is 21.8. The summed E-state index contributed by atoms with van der Waals surface area (Å²) in [4.78, 5) is 15.9. The van der Waals surface area contributed by atoms with Gasteiger partial charge in [0.05, 0.1) is 5.69 Å². The number of fused-ring (bicyclic) bond motifs is 1. The first-order valence-corrected chi connectivity index (χ1v) is 9.43. The number of nitrogens with two attached hydrogens (primary N) is 1. The van der Waals surface area contributed by atoms with Gasteiger partial charge in [0, 0.05) is 0 Å². The molecule has 1 aliphatic heterocycles. The van der Waals surface area contributed by atoms with Crippen molar-refractivity contribution in [3.05, 3.63) is 24.2 Å². The number of rotatable bonds is 5. The van der Waals surface area contributed by atoms with Crippen LogP contribution in [0.15, 0.2) is 18.5 Å². The summed E-state index contributed by atoms with van der Waals surface area (Å²) in [5.74, 6) is 0.219. The number of carbonyl (C=O) groups excluding carboxylic acids is 1. The summed E-state index contributed by atoms with van der Waals surface area (Å²) in [7, 11) is 0. The van der Waals surface area contributed by atoms with Crippen molar-refractivity contribution < 1.29 is 29.2 Å². The highest BCUT2D eigenvalue weighted by Gasteiger charge is 2.58. The standard InChI is InChI=1S/C19H25N5O6/c1-10(2)18(3,4)30-17(27)28-7-12-14(25)15(26)19(8-20,29-12)13-6-5-11-16(21)22-9-23-24(11)13/h5-6,9-10,12,14-15,25-26H,7H2,1-4H3,(H2,21,22,23)/t12-,14-,15-,19+/m1/s1. The second kappa shape index (κ2) is 7.71. The van der Waals surface area contributed by atoms with Crippen LogP contribution in [0.2, 0.25) is 0 Å². The monoisotopic (exact) mass is 419 g/mol. The van der Waals surface area contributed by atoms with E-state index in [1.807, 2.05) is 19.9 Å². The maximum atomic E-state index is 12.0. The summed E-state index contributed by atoms with van der Waals surface area (Å²) in [6.45, 7) is 6.86. The number of aliphatic hydroxyl groups is 2. The van der Waals surface area contributed by atoms with Crippen LogP contribution in [0, 0.1) is 17.2 Å². The average molecular weight is 419 g/mol. The van der Waals surface area contributed by atoms with Crippen molar-refractivity contribution in [2.45, 2.75) is 57.2 Å². The quantitative estimate of drug-likeness (QED) is 0.588. The molecule has 0 aromatic carbocycles. The zero-order chi connectivity index (χ0) is 22.3. The van der Waals surface area contributed by atoms with E-state index in [0.29, 0.717) is 5.52 Å². The van der Waals surface area contributed by atoms with E-state index < -0.39 is 42.3 Å². The SMILES string of the molecule is CC(C)C(C)(C)OC(=O)OC[C@H]1O[C@@](C#N)(c2ccc3c(N)ncnn23)[C@H](O)[C@@H]1O.